The predicted molar refractivity (Wildman–Crippen MR) is 76.6 cm³/mol. The van der Waals surface area contributed by atoms with E-state index in [0.29, 0.717) is 12.2 Å². The van der Waals surface area contributed by atoms with Gasteiger partial charge in [-0.3, -0.25) is 4.79 Å². The predicted octanol–water partition coefficient (Wildman–Crippen LogP) is 0.986. The van der Waals surface area contributed by atoms with Gasteiger partial charge in [0.05, 0.1) is 11.5 Å². The zero-order valence-corrected chi connectivity index (χ0v) is 12.5. The molecule has 2 rings (SSSR count). The molecular formula is C14H19NO4S. The number of amides is 1. The van der Waals surface area contributed by atoms with Crippen molar-refractivity contribution in [1.29, 1.82) is 0 Å². The average molecular weight is 297 g/mol. The molecule has 0 aliphatic carbocycles. The minimum atomic E-state index is -2.97. The normalized spacial score (nSPS) is 20.6. The molecule has 1 aliphatic rings. The third-order valence-corrected chi connectivity index (χ3v) is 4.93. The van der Waals surface area contributed by atoms with Gasteiger partial charge in [0.2, 0.25) is 0 Å². The zero-order valence-electron chi connectivity index (χ0n) is 11.7. The molecule has 1 N–H and O–H groups in total. The highest BCUT2D eigenvalue weighted by atomic mass is 32.2. The van der Waals surface area contributed by atoms with Gasteiger partial charge in [0.25, 0.3) is 5.91 Å². The van der Waals surface area contributed by atoms with Crippen molar-refractivity contribution < 1.29 is 17.9 Å². The summed E-state index contributed by atoms with van der Waals surface area (Å²) in [7, 11) is -2.97. The van der Waals surface area contributed by atoms with E-state index in [-0.39, 0.29) is 30.1 Å². The smallest absolute Gasteiger partial charge is 0.258 e. The van der Waals surface area contributed by atoms with E-state index < -0.39 is 9.84 Å². The summed E-state index contributed by atoms with van der Waals surface area (Å²) < 4.78 is 28.0. The van der Waals surface area contributed by atoms with Crippen LogP contribution in [0.1, 0.15) is 17.5 Å². The van der Waals surface area contributed by atoms with Gasteiger partial charge < -0.3 is 10.1 Å². The Labute approximate surface area is 119 Å². The summed E-state index contributed by atoms with van der Waals surface area (Å²) in [6.07, 6.45) is 0.484. The van der Waals surface area contributed by atoms with E-state index in [2.05, 4.69) is 5.32 Å². The van der Waals surface area contributed by atoms with Crippen LogP contribution < -0.4 is 10.1 Å². The summed E-state index contributed by atoms with van der Waals surface area (Å²) >= 11 is 0. The van der Waals surface area contributed by atoms with Gasteiger partial charge in [-0.1, -0.05) is 6.07 Å². The van der Waals surface area contributed by atoms with Crippen LogP contribution in [0.5, 0.6) is 5.75 Å². The van der Waals surface area contributed by atoms with Crippen molar-refractivity contribution in [2.75, 3.05) is 18.1 Å². The number of carbonyl (C=O) groups excluding carboxylic acids is 1. The SMILES string of the molecule is Cc1cc(C)cc(OCC(=O)N[C@@H]2CCS(=O)(=O)C2)c1. The molecule has 1 aromatic rings. The number of aryl methyl sites for hydroxylation is 2. The molecular weight excluding hydrogens is 278 g/mol. The first kappa shape index (κ1) is 14.8. The number of sulfone groups is 1. The van der Waals surface area contributed by atoms with Gasteiger partial charge in [0.15, 0.2) is 16.4 Å². The lowest BCUT2D eigenvalue weighted by atomic mass is 10.1. The lowest BCUT2D eigenvalue weighted by molar-refractivity contribution is -0.123. The van der Waals surface area contributed by atoms with Crippen LogP contribution in [0.2, 0.25) is 0 Å². The quantitative estimate of drug-likeness (QED) is 0.899. The zero-order chi connectivity index (χ0) is 14.8. The standard InChI is InChI=1S/C14H19NO4S/c1-10-5-11(2)7-13(6-10)19-8-14(16)15-12-3-4-20(17,18)9-12/h5-7,12H,3-4,8-9H2,1-2H3,(H,15,16)/t12-/m1/s1. The van der Waals surface area contributed by atoms with E-state index in [1.165, 1.54) is 0 Å². The fraction of sp³-hybridized carbons (Fsp3) is 0.500. The molecule has 6 heteroatoms. The van der Waals surface area contributed by atoms with E-state index in [1.54, 1.807) is 0 Å². The van der Waals surface area contributed by atoms with Gasteiger partial charge in [0, 0.05) is 6.04 Å². The van der Waals surface area contributed by atoms with Gasteiger partial charge in [0.1, 0.15) is 5.75 Å². The summed E-state index contributed by atoms with van der Waals surface area (Å²) in [5.41, 5.74) is 2.14. The summed E-state index contributed by atoms with van der Waals surface area (Å²) in [4.78, 5) is 11.7. The van der Waals surface area contributed by atoms with E-state index in [9.17, 15) is 13.2 Å². The maximum absolute atomic E-state index is 11.7. The Morgan fingerprint density at radius 2 is 1.95 bits per heavy atom. The second kappa shape index (κ2) is 5.83. The van der Waals surface area contributed by atoms with Gasteiger partial charge in [-0.05, 0) is 43.5 Å². The van der Waals surface area contributed by atoms with E-state index >= 15 is 0 Å². The minimum absolute atomic E-state index is 0.0301. The highest BCUT2D eigenvalue weighted by Gasteiger charge is 2.28. The number of ether oxygens (including phenoxy) is 1. The summed E-state index contributed by atoms with van der Waals surface area (Å²) in [6, 6.07) is 5.46. The third kappa shape index (κ3) is 4.23. The molecule has 0 unspecified atom stereocenters. The van der Waals surface area contributed by atoms with Crippen molar-refractivity contribution >= 4 is 15.7 Å². The minimum Gasteiger partial charge on any atom is -0.484 e. The summed E-state index contributed by atoms with van der Waals surface area (Å²) in [6.45, 7) is 3.83. The van der Waals surface area contributed by atoms with Crippen LogP contribution >= 0.6 is 0 Å². The number of hydrogen-bond donors (Lipinski definition) is 1. The lowest BCUT2D eigenvalue weighted by Crippen LogP contribution is -2.38. The Morgan fingerprint density at radius 3 is 2.50 bits per heavy atom. The first-order valence-corrected chi connectivity index (χ1v) is 8.37. The molecule has 1 heterocycles. The number of hydrogen-bond acceptors (Lipinski definition) is 4. The Morgan fingerprint density at radius 1 is 1.30 bits per heavy atom. The van der Waals surface area contributed by atoms with Crippen LogP contribution in [0.25, 0.3) is 0 Å². The van der Waals surface area contributed by atoms with Crippen molar-refractivity contribution in [3.63, 3.8) is 0 Å². The topological polar surface area (TPSA) is 72.5 Å². The first-order valence-electron chi connectivity index (χ1n) is 6.55. The molecule has 0 aromatic heterocycles. The molecule has 0 bridgehead atoms. The molecule has 1 atom stereocenters. The van der Waals surface area contributed by atoms with Crippen molar-refractivity contribution in [1.82, 2.24) is 5.32 Å². The Bertz CT molecular complexity index is 589. The van der Waals surface area contributed by atoms with Crippen LogP contribution in [-0.4, -0.2) is 38.5 Å². The van der Waals surface area contributed by atoms with Crippen LogP contribution in [0.4, 0.5) is 0 Å². The Kier molecular flexibility index (Phi) is 4.32. The molecule has 1 amide bonds. The Balaban J connectivity index is 1.83. The average Bonchev–Trinajstić information content (AvgIpc) is 2.65. The molecule has 1 aromatic carbocycles. The number of nitrogens with one attached hydrogen (secondary N) is 1. The molecule has 1 aliphatic heterocycles. The molecule has 0 radical (unpaired) electrons. The van der Waals surface area contributed by atoms with Crippen LogP contribution in [0.3, 0.4) is 0 Å². The fourth-order valence-electron chi connectivity index (χ4n) is 2.34. The van der Waals surface area contributed by atoms with Crippen LogP contribution in [0, 0.1) is 13.8 Å². The fourth-order valence-corrected chi connectivity index (χ4v) is 4.02. The first-order chi connectivity index (χ1) is 9.34. The summed E-state index contributed by atoms with van der Waals surface area (Å²) in [5.74, 6) is 0.543. The van der Waals surface area contributed by atoms with Gasteiger partial charge in [-0.15, -0.1) is 0 Å². The van der Waals surface area contributed by atoms with Gasteiger partial charge in [-0.2, -0.15) is 0 Å². The largest absolute Gasteiger partial charge is 0.484 e. The summed E-state index contributed by atoms with van der Waals surface area (Å²) in [5, 5.41) is 2.69. The van der Waals surface area contributed by atoms with E-state index in [0.717, 1.165) is 11.1 Å². The molecule has 110 valence electrons. The van der Waals surface area contributed by atoms with Crippen molar-refractivity contribution in [3.8, 4) is 5.75 Å². The number of benzene rings is 1. The third-order valence-electron chi connectivity index (χ3n) is 3.16. The van der Waals surface area contributed by atoms with Gasteiger partial charge >= 0.3 is 0 Å². The second-order valence-electron chi connectivity index (χ2n) is 5.28. The van der Waals surface area contributed by atoms with E-state index in [4.69, 9.17) is 4.74 Å². The lowest BCUT2D eigenvalue weighted by Gasteiger charge is -2.12. The maximum atomic E-state index is 11.7. The van der Waals surface area contributed by atoms with Crippen molar-refractivity contribution in [2.45, 2.75) is 26.3 Å². The number of rotatable bonds is 4. The number of carbonyl (C=O) groups is 1. The van der Waals surface area contributed by atoms with Crippen molar-refractivity contribution in [2.24, 2.45) is 0 Å². The molecule has 1 saturated heterocycles. The highest BCUT2D eigenvalue weighted by molar-refractivity contribution is 7.91. The molecule has 20 heavy (non-hydrogen) atoms. The van der Waals surface area contributed by atoms with Crippen molar-refractivity contribution in [3.05, 3.63) is 29.3 Å². The maximum Gasteiger partial charge on any atom is 0.258 e. The van der Waals surface area contributed by atoms with Crippen LogP contribution in [0.15, 0.2) is 18.2 Å². The monoisotopic (exact) mass is 297 g/mol. The highest BCUT2D eigenvalue weighted by Crippen LogP contribution is 2.16. The van der Waals surface area contributed by atoms with Gasteiger partial charge in [-0.25, -0.2) is 8.42 Å². The van der Waals surface area contributed by atoms with Crippen LogP contribution in [-0.2, 0) is 14.6 Å². The molecule has 1 fully saturated rings. The molecule has 0 saturated carbocycles. The second-order valence-corrected chi connectivity index (χ2v) is 7.51. The Hall–Kier alpha value is -1.56. The molecule has 0 spiro atoms. The van der Waals surface area contributed by atoms with E-state index in [1.807, 2.05) is 32.0 Å². The molecule has 5 nitrogen and oxygen atoms in total.